The first-order valence-electron chi connectivity index (χ1n) is 5.77. The van der Waals surface area contributed by atoms with E-state index in [1.54, 1.807) is 7.11 Å². The van der Waals surface area contributed by atoms with Crippen LogP contribution < -0.4 is 9.47 Å². The molecule has 0 heterocycles. The zero-order chi connectivity index (χ0) is 12.6. The van der Waals surface area contributed by atoms with E-state index >= 15 is 0 Å². The predicted molar refractivity (Wildman–Crippen MR) is 69.7 cm³/mol. The molecule has 18 heavy (non-hydrogen) atoms. The molecule has 2 aromatic rings. The Bertz CT molecular complexity index is 468. The summed E-state index contributed by atoms with van der Waals surface area (Å²) in [7, 11) is 1.59. The summed E-state index contributed by atoms with van der Waals surface area (Å²) in [6, 6.07) is 17.6. The molecule has 0 amide bonds. The zero-order valence-corrected chi connectivity index (χ0v) is 10.3. The second kappa shape index (κ2) is 6.67. The molecule has 0 fully saturated rings. The van der Waals surface area contributed by atoms with Crippen LogP contribution in [0.1, 0.15) is 5.56 Å². The van der Waals surface area contributed by atoms with Gasteiger partial charge in [-0.05, 0) is 17.7 Å². The van der Waals surface area contributed by atoms with E-state index in [4.69, 9.17) is 14.2 Å². The number of methoxy groups -OCH3 is 1. The summed E-state index contributed by atoms with van der Waals surface area (Å²) in [4.78, 5) is 0. The van der Waals surface area contributed by atoms with Crippen molar-refractivity contribution in [3.63, 3.8) is 0 Å². The Kier molecular flexibility index (Phi) is 4.61. The first kappa shape index (κ1) is 12.5. The first-order valence-corrected chi connectivity index (χ1v) is 5.77. The molecular weight excluding hydrogens is 228 g/mol. The summed E-state index contributed by atoms with van der Waals surface area (Å²) < 4.78 is 15.9. The third-order valence-electron chi connectivity index (χ3n) is 2.40. The Balaban J connectivity index is 1.93. The highest BCUT2D eigenvalue weighted by Gasteiger charge is 1.98. The lowest BCUT2D eigenvalue weighted by atomic mass is 10.2. The van der Waals surface area contributed by atoms with E-state index in [1.165, 1.54) is 0 Å². The minimum Gasteiger partial charge on any atom is -0.489 e. The fourth-order valence-corrected chi connectivity index (χ4v) is 1.52. The van der Waals surface area contributed by atoms with Crippen molar-refractivity contribution in [2.45, 2.75) is 6.61 Å². The fraction of sp³-hybridized carbons (Fsp3) is 0.200. The number of rotatable bonds is 6. The summed E-state index contributed by atoms with van der Waals surface area (Å²) in [5.41, 5.74) is 1.14. The summed E-state index contributed by atoms with van der Waals surface area (Å²) in [6.07, 6.45) is 0. The second-order valence-corrected chi connectivity index (χ2v) is 3.80. The van der Waals surface area contributed by atoms with Crippen LogP contribution in [0.25, 0.3) is 0 Å². The van der Waals surface area contributed by atoms with Crippen molar-refractivity contribution in [3.05, 3.63) is 60.2 Å². The van der Waals surface area contributed by atoms with Gasteiger partial charge in [0.05, 0.1) is 0 Å². The molecule has 0 N–H and O–H groups in total. The monoisotopic (exact) mass is 244 g/mol. The molecule has 3 nitrogen and oxygen atoms in total. The molecule has 0 bridgehead atoms. The standard InChI is InChI=1S/C15H16O3/c1-16-12-18-15-9-5-8-14(10-15)17-11-13-6-3-2-4-7-13/h2-10H,11-12H2,1H3. The average molecular weight is 244 g/mol. The van der Waals surface area contributed by atoms with Crippen molar-refractivity contribution in [3.8, 4) is 11.5 Å². The fourth-order valence-electron chi connectivity index (χ4n) is 1.52. The molecule has 0 aliphatic carbocycles. The average Bonchev–Trinajstić information content (AvgIpc) is 2.44. The van der Waals surface area contributed by atoms with E-state index in [1.807, 2.05) is 54.6 Å². The molecule has 0 aliphatic heterocycles. The maximum absolute atomic E-state index is 5.69. The van der Waals surface area contributed by atoms with Crippen LogP contribution >= 0.6 is 0 Å². The Morgan fingerprint density at radius 3 is 2.28 bits per heavy atom. The lowest BCUT2D eigenvalue weighted by Gasteiger charge is -2.09. The molecule has 0 spiro atoms. The first-order chi connectivity index (χ1) is 8.88. The van der Waals surface area contributed by atoms with Crippen molar-refractivity contribution in [1.29, 1.82) is 0 Å². The summed E-state index contributed by atoms with van der Waals surface area (Å²) in [5.74, 6) is 1.52. The molecule has 2 rings (SSSR count). The van der Waals surface area contributed by atoms with Gasteiger partial charge in [-0.1, -0.05) is 36.4 Å². The van der Waals surface area contributed by atoms with Crippen LogP contribution in [0.5, 0.6) is 11.5 Å². The van der Waals surface area contributed by atoms with Crippen LogP contribution in [-0.4, -0.2) is 13.9 Å². The van der Waals surface area contributed by atoms with Gasteiger partial charge >= 0.3 is 0 Å². The Morgan fingerprint density at radius 2 is 1.56 bits per heavy atom. The molecular formula is C15H16O3. The molecule has 0 aliphatic rings. The van der Waals surface area contributed by atoms with Gasteiger partial charge in [0, 0.05) is 13.2 Å². The highest BCUT2D eigenvalue weighted by atomic mass is 16.7. The number of benzene rings is 2. The lowest BCUT2D eigenvalue weighted by Crippen LogP contribution is -1.99. The van der Waals surface area contributed by atoms with E-state index in [0.29, 0.717) is 6.61 Å². The van der Waals surface area contributed by atoms with Gasteiger partial charge in [0.15, 0.2) is 6.79 Å². The summed E-state index contributed by atoms with van der Waals surface area (Å²) >= 11 is 0. The van der Waals surface area contributed by atoms with Crippen LogP contribution in [0.15, 0.2) is 54.6 Å². The number of hydrogen-bond acceptors (Lipinski definition) is 3. The van der Waals surface area contributed by atoms with Gasteiger partial charge < -0.3 is 14.2 Å². The minimum absolute atomic E-state index is 0.238. The van der Waals surface area contributed by atoms with E-state index in [-0.39, 0.29) is 6.79 Å². The molecule has 94 valence electrons. The van der Waals surface area contributed by atoms with E-state index < -0.39 is 0 Å². The highest BCUT2D eigenvalue weighted by Crippen LogP contribution is 2.20. The minimum atomic E-state index is 0.238. The lowest BCUT2D eigenvalue weighted by molar-refractivity contribution is 0.0509. The van der Waals surface area contributed by atoms with Crippen molar-refractivity contribution in [2.24, 2.45) is 0 Å². The molecule has 0 aromatic heterocycles. The van der Waals surface area contributed by atoms with Gasteiger partial charge in [0.1, 0.15) is 18.1 Å². The van der Waals surface area contributed by atoms with Gasteiger partial charge in [-0.3, -0.25) is 0 Å². The van der Waals surface area contributed by atoms with Gasteiger partial charge in [0.25, 0.3) is 0 Å². The molecule has 2 aromatic carbocycles. The summed E-state index contributed by atoms with van der Waals surface area (Å²) in [6.45, 7) is 0.788. The topological polar surface area (TPSA) is 27.7 Å². The Hall–Kier alpha value is -2.00. The van der Waals surface area contributed by atoms with Gasteiger partial charge in [-0.15, -0.1) is 0 Å². The molecule has 0 saturated carbocycles. The summed E-state index contributed by atoms with van der Waals surface area (Å²) in [5, 5.41) is 0. The Labute approximate surface area is 107 Å². The van der Waals surface area contributed by atoms with Crippen molar-refractivity contribution < 1.29 is 14.2 Å². The molecule has 0 unspecified atom stereocenters. The predicted octanol–water partition coefficient (Wildman–Crippen LogP) is 3.25. The number of ether oxygens (including phenoxy) is 3. The number of hydrogen-bond donors (Lipinski definition) is 0. The van der Waals surface area contributed by atoms with Gasteiger partial charge in [-0.25, -0.2) is 0 Å². The highest BCUT2D eigenvalue weighted by molar-refractivity contribution is 5.33. The van der Waals surface area contributed by atoms with E-state index in [9.17, 15) is 0 Å². The van der Waals surface area contributed by atoms with Crippen molar-refractivity contribution >= 4 is 0 Å². The van der Waals surface area contributed by atoms with Crippen LogP contribution in [-0.2, 0) is 11.3 Å². The van der Waals surface area contributed by atoms with Gasteiger partial charge in [-0.2, -0.15) is 0 Å². The van der Waals surface area contributed by atoms with Crippen LogP contribution in [0.4, 0.5) is 0 Å². The molecule has 0 saturated heterocycles. The maximum Gasteiger partial charge on any atom is 0.188 e. The third-order valence-corrected chi connectivity index (χ3v) is 2.40. The SMILES string of the molecule is COCOc1cccc(OCc2ccccc2)c1. The van der Waals surface area contributed by atoms with Crippen molar-refractivity contribution in [1.82, 2.24) is 0 Å². The third kappa shape index (κ3) is 3.79. The largest absolute Gasteiger partial charge is 0.489 e. The van der Waals surface area contributed by atoms with Crippen LogP contribution in [0, 0.1) is 0 Å². The van der Waals surface area contributed by atoms with E-state index in [0.717, 1.165) is 17.1 Å². The van der Waals surface area contributed by atoms with Gasteiger partial charge in [0.2, 0.25) is 0 Å². The second-order valence-electron chi connectivity index (χ2n) is 3.80. The Morgan fingerprint density at radius 1 is 0.833 bits per heavy atom. The quantitative estimate of drug-likeness (QED) is 0.730. The normalized spacial score (nSPS) is 10.1. The molecule has 0 atom stereocenters. The molecule has 0 radical (unpaired) electrons. The maximum atomic E-state index is 5.69. The van der Waals surface area contributed by atoms with E-state index in [2.05, 4.69) is 0 Å². The zero-order valence-electron chi connectivity index (χ0n) is 10.3. The van der Waals surface area contributed by atoms with Crippen molar-refractivity contribution in [2.75, 3.05) is 13.9 Å². The molecule has 3 heteroatoms. The van der Waals surface area contributed by atoms with Crippen LogP contribution in [0.2, 0.25) is 0 Å². The van der Waals surface area contributed by atoms with Crippen LogP contribution in [0.3, 0.4) is 0 Å². The smallest absolute Gasteiger partial charge is 0.188 e.